The quantitative estimate of drug-likeness (QED) is 0.608. The number of nitrogens with two attached hydrogens (primary N) is 1. The number of nitrogens with zero attached hydrogens (tertiary/aromatic N) is 1. The number of amides is 3. The number of aromatic nitrogens is 1. The van der Waals surface area contributed by atoms with Crippen molar-refractivity contribution in [2.45, 2.75) is 0 Å². The van der Waals surface area contributed by atoms with Gasteiger partial charge in [-0.15, -0.1) is 11.3 Å². The molecule has 0 saturated carbocycles. The van der Waals surface area contributed by atoms with E-state index in [0.29, 0.717) is 27.0 Å². The van der Waals surface area contributed by atoms with Gasteiger partial charge in [-0.3, -0.25) is 19.7 Å². The van der Waals surface area contributed by atoms with Crippen LogP contribution >= 0.6 is 22.9 Å². The van der Waals surface area contributed by atoms with Crippen LogP contribution in [0, 0.1) is 0 Å². The zero-order chi connectivity index (χ0) is 19.4. The van der Waals surface area contributed by atoms with E-state index in [1.54, 1.807) is 36.4 Å². The Morgan fingerprint density at radius 2 is 1.52 bits per heavy atom. The minimum Gasteiger partial charge on any atom is -0.366 e. The van der Waals surface area contributed by atoms with E-state index in [0.717, 1.165) is 11.3 Å². The lowest BCUT2D eigenvalue weighted by atomic mass is 10.2. The number of thiazole rings is 1. The Morgan fingerprint density at radius 1 is 0.889 bits per heavy atom. The van der Waals surface area contributed by atoms with E-state index in [9.17, 15) is 14.4 Å². The minimum absolute atomic E-state index is 0.158. The van der Waals surface area contributed by atoms with Crippen molar-refractivity contribution >= 4 is 51.5 Å². The number of nitrogens with one attached hydrogen (secondary N) is 2. The van der Waals surface area contributed by atoms with Crippen LogP contribution in [0.3, 0.4) is 0 Å². The number of halogens is 1. The largest absolute Gasteiger partial charge is 0.366 e. The molecule has 0 fully saturated rings. The fourth-order valence-corrected chi connectivity index (χ4v) is 2.93. The van der Waals surface area contributed by atoms with Gasteiger partial charge in [-0.25, -0.2) is 4.98 Å². The van der Waals surface area contributed by atoms with Gasteiger partial charge in [-0.2, -0.15) is 0 Å². The van der Waals surface area contributed by atoms with E-state index in [2.05, 4.69) is 15.6 Å². The van der Waals surface area contributed by atoms with Crippen LogP contribution in [-0.4, -0.2) is 22.7 Å². The number of carbonyl (C=O) groups is 3. The summed E-state index contributed by atoms with van der Waals surface area (Å²) in [4.78, 5) is 39.6. The summed E-state index contributed by atoms with van der Waals surface area (Å²) in [5.41, 5.74) is 6.59. The third kappa shape index (κ3) is 4.69. The summed E-state index contributed by atoms with van der Waals surface area (Å²) in [6.07, 6.45) is 0. The Hall–Kier alpha value is -3.23. The van der Waals surface area contributed by atoms with Gasteiger partial charge in [0.25, 0.3) is 11.8 Å². The molecule has 3 aromatic rings. The van der Waals surface area contributed by atoms with E-state index in [4.69, 9.17) is 17.3 Å². The highest BCUT2D eigenvalue weighted by molar-refractivity contribution is 7.14. The third-order valence-corrected chi connectivity index (χ3v) is 4.50. The molecular formula is C18H13ClN4O3S. The Morgan fingerprint density at radius 3 is 2.15 bits per heavy atom. The Kier molecular flexibility index (Phi) is 5.49. The smallest absolute Gasteiger partial charge is 0.275 e. The minimum atomic E-state index is -0.548. The summed E-state index contributed by atoms with van der Waals surface area (Å²) in [6.45, 7) is 0. The second-order valence-electron chi connectivity index (χ2n) is 5.39. The molecule has 2 aromatic carbocycles. The summed E-state index contributed by atoms with van der Waals surface area (Å²) in [6, 6.07) is 12.6. The van der Waals surface area contributed by atoms with Crippen LogP contribution in [-0.2, 0) is 0 Å². The van der Waals surface area contributed by atoms with Crippen LogP contribution in [0.2, 0.25) is 5.02 Å². The lowest BCUT2D eigenvalue weighted by molar-refractivity contribution is 0.0997. The molecule has 0 bridgehead atoms. The number of carbonyl (C=O) groups excluding carboxylic acids is 3. The van der Waals surface area contributed by atoms with Crippen molar-refractivity contribution in [3.63, 3.8) is 0 Å². The lowest BCUT2D eigenvalue weighted by Gasteiger charge is -2.04. The predicted octanol–water partition coefficient (Wildman–Crippen LogP) is 3.40. The SMILES string of the molecule is NC(=O)c1ccc(NC(=O)c2csc(NC(=O)c3ccc(Cl)cc3)n2)cc1. The molecule has 1 heterocycles. The Labute approximate surface area is 163 Å². The molecule has 3 amide bonds. The maximum Gasteiger partial charge on any atom is 0.275 e. The Balaban J connectivity index is 1.64. The van der Waals surface area contributed by atoms with Gasteiger partial charge in [-0.1, -0.05) is 11.6 Å². The van der Waals surface area contributed by atoms with Crippen molar-refractivity contribution in [2.75, 3.05) is 10.6 Å². The highest BCUT2D eigenvalue weighted by atomic mass is 35.5. The molecule has 0 aliphatic rings. The zero-order valence-corrected chi connectivity index (χ0v) is 15.3. The predicted molar refractivity (Wildman–Crippen MR) is 104 cm³/mol. The molecule has 136 valence electrons. The first-order valence-corrected chi connectivity index (χ1v) is 8.92. The summed E-state index contributed by atoms with van der Waals surface area (Å²) < 4.78 is 0. The van der Waals surface area contributed by atoms with E-state index < -0.39 is 11.8 Å². The maximum atomic E-state index is 12.3. The van der Waals surface area contributed by atoms with Gasteiger partial charge in [-0.05, 0) is 48.5 Å². The van der Waals surface area contributed by atoms with Crippen molar-refractivity contribution in [3.05, 3.63) is 75.8 Å². The number of hydrogen-bond donors (Lipinski definition) is 3. The van der Waals surface area contributed by atoms with Crippen LogP contribution in [0.25, 0.3) is 0 Å². The molecule has 0 radical (unpaired) electrons. The molecular weight excluding hydrogens is 388 g/mol. The van der Waals surface area contributed by atoms with Crippen molar-refractivity contribution in [2.24, 2.45) is 5.73 Å². The lowest BCUT2D eigenvalue weighted by Crippen LogP contribution is -2.15. The van der Waals surface area contributed by atoms with Gasteiger partial charge in [0.15, 0.2) is 5.13 Å². The van der Waals surface area contributed by atoms with Crippen molar-refractivity contribution < 1.29 is 14.4 Å². The third-order valence-electron chi connectivity index (χ3n) is 3.49. The first-order chi connectivity index (χ1) is 12.9. The summed E-state index contributed by atoms with van der Waals surface area (Å²) >= 11 is 6.93. The van der Waals surface area contributed by atoms with Gasteiger partial charge in [0, 0.05) is 27.2 Å². The van der Waals surface area contributed by atoms with Crippen LogP contribution in [0.4, 0.5) is 10.8 Å². The molecule has 0 atom stereocenters. The van der Waals surface area contributed by atoms with Crippen molar-refractivity contribution in [3.8, 4) is 0 Å². The standard InChI is InChI=1S/C18H13ClN4O3S/c19-12-5-1-11(2-6-12)16(25)23-18-22-14(9-27-18)17(26)21-13-7-3-10(4-8-13)15(20)24/h1-9H,(H2,20,24)(H,21,26)(H,22,23,25). The van der Waals surface area contributed by atoms with E-state index >= 15 is 0 Å². The number of primary amides is 1. The zero-order valence-electron chi connectivity index (χ0n) is 13.7. The van der Waals surface area contributed by atoms with E-state index in [-0.39, 0.29) is 11.6 Å². The second kappa shape index (κ2) is 7.98. The maximum absolute atomic E-state index is 12.3. The second-order valence-corrected chi connectivity index (χ2v) is 6.69. The van der Waals surface area contributed by atoms with Crippen molar-refractivity contribution in [1.29, 1.82) is 0 Å². The molecule has 7 nitrogen and oxygen atoms in total. The molecule has 0 saturated heterocycles. The number of hydrogen-bond acceptors (Lipinski definition) is 5. The molecule has 4 N–H and O–H groups in total. The number of benzene rings is 2. The first kappa shape index (κ1) is 18.6. The van der Waals surface area contributed by atoms with E-state index in [1.807, 2.05) is 0 Å². The molecule has 1 aromatic heterocycles. The van der Waals surface area contributed by atoms with Gasteiger partial charge in [0.05, 0.1) is 0 Å². The molecule has 0 aliphatic carbocycles. The molecule has 27 heavy (non-hydrogen) atoms. The number of rotatable bonds is 5. The van der Waals surface area contributed by atoms with Gasteiger partial charge < -0.3 is 11.1 Å². The van der Waals surface area contributed by atoms with Crippen LogP contribution < -0.4 is 16.4 Å². The first-order valence-electron chi connectivity index (χ1n) is 7.66. The average molecular weight is 401 g/mol. The van der Waals surface area contributed by atoms with E-state index in [1.165, 1.54) is 17.5 Å². The topological polar surface area (TPSA) is 114 Å². The highest BCUT2D eigenvalue weighted by Gasteiger charge is 2.14. The number of anilines is 2. The van der Waals surface area contributed by atoms with Crippen LogP contribution in [0.15, 0.2) is 53.9 Å². The summed E-state index contributed by atoms with van der Waals surface area (Å²) in [5, 5.41) is 7.64. The van der Waals surface area contributed by atoms with Crippen LogP contribution in [0.5, 0.6) is 0 Å². The average Bonchev–Trinajstić information content (AvgIpc) is 3.11. The fraction of sp³-hybridized carbons (Fsp3) is 0. The van der Waals surface area contributed by atoms with Crippen LogP contribution in [0.1, 0.15) is 31.2 Å². The monoisotopic (exact) mass is 400 g/mol. The molecule has 0 unspecified atom stereocenters. The normalized spacial score (nSPS) is 10.3. The van der Waals surface area contributed by atoms with Gasteiger partial charge >= 0.3 is 0 Å². The molecule has 9 heteroatoms. The Bertz CT molecular complexity index is 1000. The fourth-order valence-electron chi connectivity index (χ4n) is 2.12. The summed E-state index contributed by atoms with van der Waals surface area (Å²) in [7, 11) is 0. The molecule has 0 spiro atoms. The molecule has 3 rings (SSSR count). The van der Waals surface area contributed by atoms with Gasteiger partial charge in [0.2, 0.25) is 5.91 Å². The van der Waals surface area contributed by atoms with Crippen molar-refractivity contribution in [1.82, 2.24) is 4.98 Å². The van der Waals surface area contributed by atoms with Gasteiger partial charge in [0.1, 0.15) is 5.69 Å². The highest BCUT2D eigenvalue weighted by Crippen LogP contribution is 2.19. The summed E-state index contributed by atoms with van der Waals surface area (Å²) in [5.74, 6) is -1.34. The molecule has 0 aliphatic heterocycles.